The number of thiophene rings is 2. The standard InChI is InChI=1S/C32H30F5NOS2/c1-6-38(7-2)23-15-13-22(14-16-23)27-18-25(20(4)41-27)29-28(30(33,34)32(36,37)31(29,35)39-5)24-17-26(40-19(24)3)21-11-9-8-10-12-21/h8-18H,6-7H2,1-5H3. The molecule has 216 valence electrons. The maximum atomic E-state index is 16.4. The summed E-state index contributed by atoms with van der Waals surface area (Å²) in [5.41, 5.74) is 0.571. The van der Waals surface area contributed by atoms with Crippen LogP contribution in [-0.4, -0.2) is 37.9 Å². The molecular formula is C32H30F5NOS2. The van der Waals surface area contributed by atoms with Gasteiger partial charge in [-0.2, -0.15) is 22.0 Å². The number of halogens is 5. The van der Waals surface area contributed by atoms with Crippen LogP contribution in [0.5, 0.6) is 0 Å². The van der Waals surface area contributed by atoms with Crippen molar-refractivity contribution in [2.75, 3.05) is 25.1 Å². The maximum Gasteiger partial charge on any atom is 0.376 e. The minimum absolute atomic E-state index is 0.0131. The average Bonchev–Trinajstić information content (AvgIpc) is 3.57. The van der Waals surface area contributed by atoms with E-state index in [0.29, 0.717) is 26.6 Å². The van der Waals surface area contributed by atoms with Crippen molar-refractivity contribution in [1.82, 2.24) is 0 Å². The number of aryl methyl sites for hydroxylation is 2. The first-order valence-corrected chi connectivity index (χ1v) is 14.9. The number of allylic oxidation sites excluding steroid dienone is 1. The van der Waals surface area contributed by atoms with Crippen molar-refractivity contribution < 1.29 is 26.7 Å². The van der Waals surface area contributed by atoms with Crippen LogP contribution in [-0.2, 0) is 4.74 Å². The molecule has 9 heteroatoms. The minimum atomic E-state index is -5.14. The van der Waals surface area contributed by atoms with Gasteiger partial charge in [0.1, 0.15) is 0 Å². The van der Waals surface area contributed by atoms with E-state index >= 15 is 22.0 Å². The molecule has 0 saturated carbocycles. The first-order valence-electron chi connectivity index (χ1n) is 13.3. The van der Waals surface area contributed by atoms with Crippen LogP contribution in [0.25, 0.3) is 32.0 Å². The fourth-order valence-electron chi connectivity index (χ4n) is 5.45. The molecule has 5 rings (SSSR count). The molecule has 1 aliphatic carbocycles. The summed E-state index contributed by atoms with van der Waals surface area (Å²) in [7, 11) is 0.706. The van der Waals surface area contributed by atoms with Gasteiger partial charge in [-0.25, -0.2) is 0 Å². The molecule has 2 heterocycles. The van der Waals surface area contributed by atoms with Crippen molar-refractivity contribution in [1.29, 1.82) is 0 Å². The van der Waals surface area contributed by atoms with E-state index in [9.17, 15) is 0 Å². The first-order chi connectivity index (χ1) is 19.4. The van der Waals surface area contributed by atoms with Crippen LogP contribution < -0.4 is 4.90 Å². The Morgan fingerprint density at radius 1 is 0.707 bits per heavy atom. The van der Waals surface area contributed by atoms with Crippen molar-refractivity contribution in [3.8, 4) is 20.9 Å². The van der Waals surface area contributed by atoms with E-state index in [1.54, 1.807) is 38.1 Å². The molecule has 41 heavy (non-hydrogen) atoms. The summed E-state index contributed by atoms with van der Waals surface area (Å²) in [6, 6.07) is 19.7. The van der Waals surface area contributed by atoms with Crippen LogP contribution in [0.15, 0.2) is 66.7 Å². The Morgan fingerprint density at radius 3 is 1.68 bits per heavy atom. The minimum Gasteiger partial charge on any atom is -0.372 e. The molecule has 1 atom stereocenters. The Bertz CT molecular complexity index is 1590. The second-order valence-corrected chi connectivity index (χ2v) is 12.5. The topological polar surface area (TPSA) is 12.5 Å². The van der Waals surface area contributed by atoms with E-state index in [0.717, 1.165) is 29.9 Å². The van der Waals surface area contributed by atoms with Crippen molar-refractivity contribution in [3.05, 3.63) is 87.6 Å². The third-order valence-electron chi connectivity index (χ3n) is 7.68. The normalized spacial score (nSPS) is 19.7. The lowest BCUT2D eigenvalue weighted by Crippen LogP contribution is -2.52. The quantitative estimate of drug-likeness (QED) is 0.186. The van der Waals surface area contributed by atoms with Gasteiger partial charge in [0.2, 0.25) is 0 Å². The Balaban J connectivity index is 1.71. The zero-order valence-electron chi connectivity index (χ0n) is 23.3. The van der Waals surface area contributed by atoms with E-state index in [1.807, 2.05) is 30.3 Å². The summed E-state index contributed by atoms with van der Waals surface area (Å²) < 4.78 is 83.6. The lowest BCUT2D eigenvalue weighted by molar-refractivity contribution is -0.289. The molecule has 1 aliphatic rings. The van der Waals surface area contributed by atoms with Gasteiger partial charge in [-0.05, 0) is 74.2 Å². The van der Waals surface area contributed by atoms with Crippen molar-refractivity contribution in [3.63, 3.8) is 0 Å². The Kier molecular flexibility index (Phi) is 7.68. The summed E-state index contributed by atoms with van der Waals surface area (Å²) in [6.45, 7) is 8.99. The molecule has 0 spiro atoms. The van der Waals surface area contributed by atoms with Crippen LogP contribution in [0.2, 0.25) is 0 Å². The number of hydrogen-bond donors (Lipinski definition) is 0. The second kappa shape index (κ2) is 10.7. The molecular weight excluding hydrogens is 573 g/mol. The molecule has 0 saturated heterocycles. The zero-order valence-corrected chi connectivity index (χ0v) is 25.0. The van der Waals surface area contributed by atoms with E-state index in [2.05, 4.69) is 23.5 Å². The highest BCUT2D eigenvalue weighted by molar-refractivity contribution is 7.16. The summed E-state index contributed by atoms with van der Waals surface area (Å²) in [4.78, 5) is 4.27. The van der Waals surface area contributed by atoms with Crippen LogP contribution in [0.1, 0.15) is 34.7 Å². The first kappa shape index (κ1) is 29.5. The Hall–Kier alpha value is -3.01. The van der Waals surface area contributed by atoms with Gasteiger partial charge in [-0.3, -0.25) is 0 Å². The van der Waals surface area contributed by atoms with Gasteiger partial charge in [0, 0.05) is 56.5 Å². The second-order valence-electron chi connectivity index (χ2n) is 9.94. The fraction of sp³-hybridized carbons (Fsp3) is 0.312. The summed E-state index contributed by atoms with van der Waals surface area (Å²) in [6.07, 6.45) is 0. The number of methoxy groups -OCH3 is 1. The molecule has 0 bridgehead atoms. The largest absolute Gasteiger partial charge is 0.376 e. The Labute approximate surface area is 244 Å². The summed E-state index contributed by atoms with van der Waals surface area (Å²) in [5, 5.41) is 0. The smallest absolute Gasteiger partial charge is 0.372 e. The van der Waals surface area contributed by atoms with E-state index in [-0.39, 0.29) is 11.1 Å². The van der Waals surface area contributed by atoms with Gasteiger partial charge in [0.15, 0.2) is 0 Å². The average molecular weight is 604 g/mol. The molecule has 0 amide bonds. The molecule has 4 aromatic rings. The summed E-state index contributed by atoms with van der Waals surface area (Å²) in [5.74, 6) is -14.0. The van der Waals surface area contributed by atoms with Gasteiger partial charge in [-0.1, -0.05) is 42.5 Å². The van der Waals surface area contributed by atoms with Crippen molar-refractivity contribution in [2.45, 2.75) is 45.4 Å². The van der Waals surface area contributed by atoms with Crippen molar-refractivity contribution in [2.24, 2.45) is 0 Å². The molecule has 0 fully saturated rings. The van der Waals surface area contributed by atoms with Crippen LogP contribution in [0.3, 0.4) is 0 Å². The number of nitrogens with zero attached hydrogens (tertiary/aromatic N) is 1. The molecule has 0 N–H and O–H groups in total. The highest BCUT2D eigenvalue weighted by Crippen LogP contribution is 2.65. The number of alkyl halides is 5. The van der Waals surface area contributed by atoms with E-state index in [1.165, 1.54) is 34.8 Å². The number of benzene rings is 2. The van der Waals surface area contributed by atoms with E-state index < -0.39 is 28.8 Å². The fourth-order valence-corrected chi connectivity index (χ4v) is 7.51. The summed E-state index contributed by atoms with van der Waals surface area (Å²) >= 11 is 2.43. The lowest BCUT2D eigenvalue weighted by Gasteiger charge is -2.30. The van der Waals surface area contributed by atoms with Crippen LogP contribution >= 0.6 is 22.7 Å². The number of anilines is 1. The van der Waals surface area contributed by atoms with Gasteiger partial charge in [-0.15, -0.1) is 22.7 Å². The van der Waals surface area contributed by atoms with Gasteiger partial charge in [0.25, 0.3) is 0 Å². The number of rotatable bonds is 8. The maximum absolute atomic E-state index is 16.4. The van der Waals surface area contributed by atoms with Gasteiger partial charge < -0.3 is 9.64 Å². The predicted molar refractivity (Wildman–Crippen MR) is 160 cm³/mol. The molecule has 1 unspecified atom stereocenters. The number of ether oxygens (including phenoxy) is 1. The van der Waals surface area contributed by atoms with Crippen molar-refractivity contribution >= 4 is 39.5 Å². The monoisotopic (exact) mass is 603 g/mol. The van der Waals surface area contributed by atoms with Crippen LogP contribution in [0, 0.1) is 13.8 Å². The molecule has 0 aliphatic heterocycles. The highest BCUT2D eigenvalue weighted by Gasteiger charge is 2.80. The predicted octanol–water partition coefficient (Wildman–Crippen LogP) is 10.1. The molecule has 2 nitrogen and oxygen atoms in total. The third-order valence-corrected chi connectivity index (χ3v) is 9.88. The zero-order chi connectivity index (χ0) is 29.7. The third kappa shape index (κ3) is 4.53. The molecule has 2 aromatic heterocycles. The van der Waals surface area contributed by atoms with E-state index in [4.69, 9.17) is 0 Å². The highest BCUT2D eigenvalue weighted by atomic mass is 32.1. The lowest BCUT2D eigenvalue weighted by atomic mass is 9.94. The Morgan fingerprint density at radius 2 is 1.20 bits per heavy atom. The molecule has 2 aromatic carbocycles. The SMILES string of the molecule is CCN(CC)c1ccc(-c2cc(C3=C(c4cc(-c5ccccc5)sc4C)C(F)(F)C(F)(F)C3(F)OC)c(C)s2)cc1. The van der Waals surface area contributed by atoms with Gasteiger partial charge in [0.05, 0.1) is 0 Å². The number of hydrogen-bond acceptors (Lipinski definition) is 4. The van der Waals surface area contributed by atoms with Gasteiger partial charge >= 0.3 is 17.7 Å². The molecule has 0 radical (unpaired) electrons. The van der Waals surface area contributed by atoms with Crippen LogP contribution in [0.4, 0.5) is 27.6 Å².